The number of hydrogen-bond donors (Lipinski definition) is 2. The summed E-state index contributed by atoms with van der Waals surface area (Å²) in [6.07, 6.45) is -3.11. The van der Waals surface area contributed by atoms with Crippen molar-refractivity contribution in [1.29, 1.82) is 0 Å². The molecule has 2 aromatic rings. The fourth-order valence-corrected chi connectivity index (χ4v) is 5.33. The van der Waals surface area contributed by atoms with Gasteiger partial charge in [-0.15, -0.1) is 0 Å². The minimum Gasteiger partial charge on any atom is -0.390 e. The van der Waals surface area contributed by atoms with Crippen molar-refractivity contribution in [2.24, 2.45) is 0 Å². The maximum absolute atomic E-state index is 14.1. The SMILES string of the molecule is CN(C(=O)N1CCC(C)(O)CC1)[C@@H](c1ccc(NC2Cc3ccccc3C2(C)C)cc1)C(F)(F)F. The average Bonchev–Trinajstić information content (AvgIpc) is 3.03. The molecule has 35 heavy (non-hydrogen) atoms. The number of piperidine rings is 1. The summed E-state index contributed by atoms with van der Waals surface area (Å²) in [5, 5.41) is 13.6. The Labute approximate surface area is 204 Å². The number of anilines is 1. The van der Waals surface area contributed by atoms with E-state index in [1.165, 1.54) is 35.2 Å². The Hall–Kier alpha value is -2.74. The zero-order chi connectivity index (χ0) is 25.6. The highest BCUT2D eigenvalue weighted by Crippen LogP contribution is 2.41. The summed E-state index contributed by atoms with van der Waals surface area (Å²) >= 11 is 0. The van der Waals surface area contributed by atoms with Gasteiger partial charge in [0.25, 0.3) is 0 Å². The molecule has 0 radical (unpaired) electrons. The standard InChI is InChI=1S/C27H34F3N3O2/c1-25(2)21-8-6-5-7-19(21)17-22(25)31-20-11-9-18(10-12-20)23(27(28,29)30)32(4)24(34)33-15-13-26(3,35)14-16-33/h5-12,22-23,31,35H,13-17H2,1-4H3/t22?,23-/m0/s1. The van der Waals surface area contributed by atoms with E-state index in [0.29, 0.717) is 12.8 Å². The fraction of sp³-hybridized carbons (Fsp3) is 0.519. The first-order valence-electron chi connectivity index (χ1n) is 12.1. The van der Waals surface area contributed by atoms with Crippen molar-refractivity contribution in [3.05, 3.63) is 65.2 Å². The number of rotatable bonds is 4. The highest BCUT2D eigenvalue weighted by atomic mass is 19.4. The number of aliphatic hydroxyl groups is 1. The fourth-order valence-electron chi connectivity index (χ4n) is 5.33. The van der Waals surface area contributed by atoms with Crippen LogP contribution < -0.4 is 5.32 Å². The third-order valence-corrected chi connectivity index (χ3v) is 7.68. The van der Waals surface area contributed by atoms with Gasteiger partial charge in [0, 0.05) is 37.3 Å². The first-order chi connectivity index (χ1) is 16.3. The smallest absolute Gasteiger partial charge is 0.390 e. The van der Waals surface area contributed by atoms with Crippen molar-refractivity contribution < 1.29 is 23.1 Å². The van der Waals surface area contributed by atoms with Crippen molar-refractivity contribution in [2.45, 2.75) is 69.3 Å². The lowest BCUT2D eigenvalue weighted by molar-refractivity contribution is -0.177. The molecule has 1 saturated heterocycles. The number of hydrogen-bond acceptors (Lipinski definition) is 3. The minimum atomic E-state index is -4.63. The number of amides is 2. The molecule has 2 amide bonds. The zero-order valence-corrected chi connectivity index (χ0v) is 20.7. The molecule has 1 fully saturated rings. The molecule has 0 bridgehead atoms. The number of carbonyl (C=O) groups is 1. The van der Waals surface area contributed by atoms with Crippen LogP contribution in [-0.4, -0.2) is 58.9 Å². The lowest BCUT2D eigenvalue weighted by atomic mass is 9.83. The Balaban J connectivity index is 1.49. The van der Waals surface area contributed by atoms with Gasteiger partial charge < -0.3 is 20.2 Å². The molecule has 5 nitrogen and oxygen atoms in total. The molecule has 1 aliphatic carbocycles. The highest BCUT2D eigenvalue weighted by Gasteiger charge is 2.46. The van der Waals surface area contributed by atoms with E-state index in [1.807, 2.05) is 12.1 Å². The second kappa shape index (κ2) is 9.04. The Kier molecular flexibility index (Phi) is 6.55. The van der Waals surface area contributed by atoms with Gasteiger partial charge in [-0.3, -0.25) is 0 Å². The van der Waals surface area contributed by atoms with Crippen molar-refractivity contribution in [2.75, 3.05) is 25.5 Å². The molecule has 190 valence electrons. The topological polar surface area (TPSA) is 55.8 Å². The van der Waals surface area contributed by atoms with E-state index in [2.05, 4.69) is 31.3 Å². The Morgan fingerprint density at radius 2 is 1.69 bits per heavy atom. The molecule has 8 heteroatoms. The summed E-state index contributed by atoms with van der Waals surface area (Å²) in [6, 6.07) is 11.9. The third-order valence-electron chi connectivity index (χ3n) is 7.68. The third kappa shape index (κ3) is 5.13. The van der Waals surface area contributed by atoms with E-state index in [-0.39, 0.29) is 30.1 Å². The number of carbonyl (C=O) groups excluding carboxylic acids is 1. The van der Waals surface area contributed by atoms with Crippen LogP contribution in [0.25, 0.3) is 0 Å². The van der Waals surface area contributed by atoms with Gasteiger partial charge in [0.05, 0.1) is 5.60 Å². The summed E-state index contributed by atoms with van der Waals surface area (Å²) in [7, 11) is 1.19. The summed E-state index contributed by atoms with van der Waals surface area (Å²) in [5.74, 6) is 0. The van der Waals surface area contributed by atoms with Crippen LogP contribution in [0.5, 0.6) is 0 Å². The maximum Gasteiger partial charge on any atom is 0.413 e. The van der Waals surface area contributed by atoms with Gasteiger partial charge in [-0.05, 0) is 55.0 Å². The number of urea groups is 1. The van der Waals surface area contributed by atoms with E-state index in [4.69, 9.17) is 0 Å². The van der Waals surface area contributed by atoms with E-state index in [1.54, 1.807) is 19.1 Å². The van der Waals surface area contributed by atoms with Crippen molar-refractivity contribution in [3.63, 3.8) is 0 Å². The lowest BCUT2D eigenvalue weighted by Gasteiger charge is -2.39. The monoisotopic (exact) mass is 489 g/mol. The second-order valence-corrected chi connectivity index (χ2v) is 10.7. The molecule has 1 unspecified atom stereocenters. The maximum atomic E-state index is 14.1. The molecule has 2 atom stereocenters. The predicted octanol–water partition coefficient (Wildman–Crippen LogP) is 5.50. The number of benzene rings is 2. The van der Waals surface area contributed by atoms with Gasteiger partial charge in [-0.1, -0.05) is 50.2 Å². The first kappa shape index (κ1) is 25.4. The van der Waals surface area contributed by atoms with Crippen molar-refractivity contribution >= 4 is 11.7 Å². The van der Waals surface area contributed by atoms with Gasteiger partial charge >= 0.3 is 12.2 Å². The Morgan fingerprint density at radius 3 is 2.26 bits per heavy atom. The van der Waals surface area contributed by atoms with Crippen LogP contribution in [0.3, 0.4) is 0 Å². The van der Waals surface area contributed by atoms with E-state index in [0.717, 1.165) is 17.0 Å². The molecular weight excluding hydrogens is 455 g/mol. The second-order valence-electron chi connectivity index (χ2n) is 10.7. The van der Waals surface area contributed by atoms with Gasteiger partial charge in [0.1, 0.15) is 0 Å². The van der Waals surface area contributed by atoms with E-state index >= 15 is 0 Å². The van der Waals surface area contributed by atoms with Crippen LogP contribution in [0.2, 0.25) is 0 Å². The highest BCUT2D eigenvalue weighted by molar-refractivity contribution is 5.75. The number of nitrogens with zero attached hydrogens (tertiary/aromatic N) is 2. The quantitative estimate of drug-likeness (QED) is 0.596. The van der Waals surface area contributed by atoms with E-state index < -0.39 is 23.9 Å². The zero-order valence-electron chi connectivity index (χ0n) is 20.7. The lowest BCUT2D eigenvalue weighted by Crippen LogP contribution is -2.51. The average molecular weight is 490 g/mol. The molecule has 0 aromatic heterocycles. The molecule has 2 aliphatic rings. The van der Waals surface area contributed by atoms with Gasteiger partial charge in [-0.25, -0.2) is 4.79 Å². The normalized spacial score (nSPS) is 21.8. The minimum absolute atomic E-state index is 0.0110. The van der Waals surface area contributed by atoms with Crippen LogP contribution in [0.15, 0.2) is 48.5 Å². The molecule has 2 N–H and O–H groups in total. The first-order valence-corrected chi connectivity index (χ1v) is 12.1. The summed E-state index contributed by atoms with van der Waals surface area (Å²) < 4.78 is 42.4. The van der Waals surface area contributed by atoms with Crippen LogP contribution in [0.1, 0.15) is 56.3 Å². The van der Waals surface area contributed by atoms with Crippen molar-refractivity contribution in [3.8, 4) is 0 Å². The summed E-state index contributed by atoms with van der Waals surface area (Å²) in [5.41, 5.74) is 2.31. The number of nitrogens with one attached hydrogen (secondary N) is 1. The summed E-state index contributed by atoms with van der Waals surface area (Å²) in [4.78, 5) is 15.0. The Bertz CT molecular complexity index is 1060. The molecular formula is C27H34F3N3O2. The van der Waals surface area contributed by atoms with Gasteiger partial charge in [0.15, 0.2) is 6.04 Å². The largest absolute Gasteiger partial charge is 0.413 e. The number of alkyl halides is 3. The molecule has 4 rings (SSSR count). The van der Waals surface area contributed by atoms with Crippen LogP contribution in [0.4, 0.5) is 23.7 Å². The number of halogens is 3. The van der Waals surface area contributed by atoms with Crippen LogP contribution >= 0.6 is 0 Å². The number of fused-ring (bicyclic) bond motifs is 1. The summed E-state index contributed by atoms with van der Waals surface area (Å²) in [6.45, 7) is 6.47. The number of likely N-dealkylation sites (tertiary alicyclic amines) is 1. The molecule has 2 aromatic carbocycles. The van der Waals surface area contributed by atoms with Crippen LogP contribution in [-0.2, 0) is 11.8 Å². The van der Waals surface area contributed by atoms with Gasteiger partial charge in [-0.2, -0.15) is 13.2 Å². The predicted molar refractivity (Wildman–Crippen MR) is 130 cm³/mol. The van der Waals surface area contributed by atoms with Crippen LogP contribution in [0, 0.1) is 0 Å². The van der Waals surface area contributed by atoms with Gasteiger partial charge in [0.2, 0.25) is 0 Å². The van der Waals surface area contributed by atoms with E-state index in [9.17, 15) is 23.1 Å². The van der Waals surface area contributed by atoms with Crippen molar-refractivity contribution in [1.82, 2.24) is 9.80 Å². The molecule has 0 spiro atoms. The molecule has 1 aliphatic heterocycles. The molecule has 1 heterocycles. The Morgan fingerprint density at radius 1 is 1.09 bits per heavy atom. The molecule has 0 saturated carbocycles.